The molecule has 1 aliphatic rings. The fraction of sp³-hybridized carbons (Fsp3) is 0.250. The Hall–Kier alpha value is -2.66. The first-order valence-corrected chi connectivity index (χ1v) is 9.02. The van der Waals surface area contributed by atoms with Crippen LogP contribution in [0.1, 0.15) is 35.0 Å². The van der Waals surface area contributed by atoms with E-state index in [9.17, 15) is 4.79 Å². The Morgan fingerprint density at radius 2 is 1.85 bits per heavy atom. The molecule has 4 rings (SSSR count). The van der Waals surface area contributed by atoms with Gasteiger partial charge < -0.3 is 9.32 Å². The number of hydrogen-bond acceptors (Lipinski definition) is 4. The van der Waals surface area contributed by atoms with Crippen molar-refractivity contribution in [3.8, 4) is 11.5 Å². The molecule has 0 N–H and O–H groups in total. The molecule has 0 radical (unpaired) electrons. The molecule has 1 amide bonds. The summed E-state index contributed by atoms with van der Waals surface area (Å²) in [5.74, 6) is 1.18. The molecular formula is C20H18ClN3O2. The number of halogens is 1. The van der Waals surface area contributed by atoms with Crippen molar-refractivity contribution in [1.29, 1.82) is 0 Å². The van der Waals surface area contributed by atoms with Crippen molar-refractivity contribution in [2.24, 2.45) is 0 Å². The van der Waals surface area contributed by atoms with Crippen LogP contribution in [0.5, 0.6) is 0 Å². The summed E-state index contributed by atoms with van der Waals surface area (Å²) in [6, 6.07) is 16.7. The van der Waals surface area contributed by atoms with Gasteiger partial charge in [0.15, 0.2) is 0 Å². The number of piperidine rings is 1. The molecule has 1 atom stereocenters. The van der Waals surface area contributed by atoms with Crippen LogP contribution in [-0.4, -0.2) is 34.1 Å². The zero-order valence-corrected chi connectivity index (χ0v) is 14.9. The molecule has 3 aromatic rings. The Balaban J connectivity index is 1.49. The van der Waals surface area contributed by atoms with E-state index in [1.807, 2.05) is 35.2 Å². The van der Waals surface area contributed by atoms with E-state index >= 15 is 0 Å². The summed E-state index contributed by atoms with van der Waals surface area (Å²) in [5.41, 5.74) is 1.54. The Labute approximate surface area is 156 Å². The number of nitrogens with zero attached hydrogens (tertiary/aromatic N) is 3. The quantitative estimate of drug-likeness (QED) is 0.688. The molecule has 6 heteroatoms. The molecule has 2 heterocycles. The third kappa shape index (κ3) is 3.48. The van der Waals surface area contributed by atoms with Gasteiger partial charge in [0.1, 0.15) is 0 Å². The summed E-state index contributed by atoms with van der Waals surface area (Å²) < 4.78 is 5.88. The van der Waals surface area contributed by atoms with E-state index < -0.39 is 0 Å². The van der Waals surface area contributed by atoms with Gasteiger partial charge in [0.2, 0.25) is 11.8 Å². The molecule has 1 saturated heterocycles. The van der Waals surface area contributed by atoms with Crippen LogP contribution < -0.4 is 0 Å². The van der Waals surface area contributed by atoms with Gasteiger partial charge in [-0.15, -0.1) is 10.2 Å². The van der Waals surface area contributed by atoms with Gasteiger partial charge in [0, 0.05) is 29.2 Å². The topological polar surface area (TPSA) is 59.2 Å². The Morgan fingerprint density at radius 1 is 1.08 bits per heavy atom. The predicted octanol–water partition coefficient (Wildman–Crippen LogP) is 4.41. The minimum atomic E-state index is 0.00849. The van der Waals surface area contributed by atoms with Crippen LogP contribution in [0.25, 0.3) is 11.5 Å². The van der Waals surface area contributed by atoms with E-state index in [1.54, 1.807) is 24.3 Å². The smallest absolute Gasteiger partial charge is 0.253 e. The van der Waals surface area contributed by atoms with Crippen LogP contribution in [0.15, 0.2) is 59.0 Å². The number of benzene rings is 2. The second kappa shape index (κ2) is 7.30. The van der Waals surface area contributed by atoms with Crippen LogP contribution in [0.3, 0.4) is 0 Å². The molecule has 0 spiro atoms. The Morgan fingerprint density at radius 3 is 2.62 bits per heavy atom. The Kier molecular flexibility index (Phi) is 4.71. The van der Waals surface area contributed by atoms with E-state index in [0.717, 1.165) is 24.9 Å². The highest BCUT2D eigenvalue weighted by Crippen LogP contribution is 2.29. The first-order chi connectivity index (χ1) is 12.7. The number of amides is 1. The maximum atomic E-state index is 12.7. The van der Waals surface area contributed by atoms with E-state index in [4.69, 9.17) is 16.0 Å². The van der Waals surface area contributed by atoms with Crippen molar-refractivity contribution in [3.63, 3.8) is 0 Å². The number of hydrogen-bond donors (Lipinski definition) is 0. The van der Waals surface area contributed by atoms with Gasteiger partial charge in [-0.2, -0.15) is 0 Å². The van der Waals surface area contributed by atoms with Crippen molar-refractivity contribution in [2.45, 2.75) is 18.8 Å². The van der Waals surface area contributed by atoms with Gasteiger partial charge in [0.25, 0.3) is 5.91 Å². The van der Waals surface area contributed by atoms with Crippen molar-refractivity contribution in [2.75, 3.05) is 13.1 Å². The van der Waals surface area contributed by atoms with Gasteiger partial charge in [-0.25, -0.2) is 0 Å². The van der Waals surface area contributed by atoms with Gasteiger partial charge in [0.05, 0.1) is 5.92 Å². The average Bonchev–Trinajstić information content (AvgIpc) is 3.19. The van der Waals surface area contributed by atoms with Crippen LogP contribution in [0, 0.1) is 0 Å². The van der Waals surface area contributed by atoms with Crippen molar-refractivity contribution in [1.82, 2.24) is 15.1 Å². The minimum absolute atomic E-state index is 0.00849. The normalized spacial score (nSPS) is 17.3. The van der Waals surface area contributed by atoms with Crippen molar-refractivity contribution >= 4 is 17.5 Å². The highest BCUT2D eigenvalue weighted by molar-refractivity contribution is 6.30. The molecule has 132 valence electrons. The first-order valence-electron chi connectivity index (χ1n) is 8.64. The summed E-state index contributed by atoms with van der Waals surface area (Å²) >= 11 is 5.91. The summed E-state index contributed by atoms with van der Waals surface area (Å²) in [5, 5.41) is 9.01. The number of rotatable bonds is 3. The van der Waals surface area contributed by atoms with Gasteiger partial charge in [-0.3, -0.25) is 4.79 Å². The summed E-state index contributed by atoms with van der Waals surface area (Å²) in [6.45, 7) is 1.32. The number of carbonyl (C=O) groups is 1. The van der Waals surface area contributed by atoms with E-state index in [1.165, 1.54) is 0 Å². The van der Waals surface area contributed by atoms with Crippen LogP contribution >= 0.6 is 11.6 Å². The molecule has 1 fully saturated rings. The lowest BCUT2D eigenvalue weighted by molar-refractivity contribution is 0.0698. The second-order valence-corrected chi connectivity index (χ2v) is 6.85. The number of carbonyl (C=O) groups excluding carboxylic acids is 1. The minimum Gasteiger partial charge on any atom is -0.420 e. The Bertz CT molecular complexity index is 893. The second-order valence-electron chi connectivity index (χ2n) is 6.41. The van der Waals surface area contributed by atoms with Crippen LogP contribution in [-0.2, 0) is 0 Å². The lowest BCUT2D eigenvalue weighted by Gasteiger charge is -2.31. The molecule has 0 saturated carbocycles. The standard InChI is InChI=1S/C20H18ClN3O2/c21-17-10-8-15(9-11-17)20(25)24-12-4-7-16(13-24)19-23-22-18(26-19)14-5-2-1-3-6-14/h1-3,5-6,8-11,16H,4,7,12-13H2. The lowest BCUT2D eigenvalue weighted by atomic mass is 9.97. The molecule has 2 aromatic carbocycles. The molecule has 5 nitrogen and oxygen atoms in total. The van der Waals surface area contributed by atoms with E-state index in [-0.39, 0.29) is 11.8 Å². The highest BCUT2D eigenvalue weighted by Gasteiger charge is 2.29. The zero-order chi connectivity index (χ0) is 17.9. The van der Waals surface area contributed by atoms with E-state index in [2.05, 4.69) is 10.2 Å². The molecule has 0 bridgehead atoms. The van der Waals surface area contributed by atoms with E-state index in [0.29, 0.717) is 28.9 Å². The number of aromatic nitrogens is 2. The maximum Gasteiger partial charge on any atom is 0.253 e. The largest absolute Gasteiger partial charge is 0.420 e. The SMILES string of the molecule is O=C(c1ccc(Cl)cc1)N1CCCC(c2nnc(-c3ccccc3)o2)C1. The maximum absolute atomic E-state index is 12.7. The molecule has 0 aliphatic carbocycles. The lowest BCUT2D eigenvalue weighted by Crippen LogP contribution is -2.39. The third-order valence-electron chi connectivity index (χ3n) is 4.61. The van der Waals surface area contributed by atoms with Crippen molar-refractivity contribution in [3.05, 3.63) is 71.1 Å². The number of likely N-dealkylation sites (tertiary alicyclic amines) is 1. The fourth-order valence-electron chi connectivity index (χ4n) is 3.24. The molecule has 1 aromatic heterocycles. The molecule has 26 heavy (non-hydrogen) atoms. The predicted molar refractivity (Wildman–Crippen MR) is 99.1 cm³/mol. The summed E-state index contributed by atoms with van der Waals surface area (Å²) in [6.07, 6.45) is 1.84. The van der Waals surface area contributed by atoms with Crippen LogP contribution in [0.2, 0.25) is 5.02 Å². The third-order valence-corrected chi connectivity index (χ3v) is 4.86. The van der Waals surface area contributed by atoms with Gasteiger partial charge in [-0.1, -0.05) is 29.8 Å². The average molecular weight is 368 g/mol. The highest BCUT2D eigenvalue weighted by atomic mass is 35.5. The monoisotopic (exact) mass is 367 g/mol. The fourth-order valence-corrected chi connectivity index (χ4v) is 3.36. The molecule has 1 aliphatic heterocycles. The van der Waals surface area contributed by atoms with Crippen molar-refractivity contribution < 1.29 is 9.21 Å². The molecule has 1 unspecified atom stereocenters. The first kappa shape index (κ1) is 16.8. The molecular weight excluding hydrogens is 350 g/mol. The van der Waals surface area contributed by atoms with Crippen LogP contribution in [0.4, 0.5) is 0 Å². The summed E-state index contributed by atoms with van der Waals surface area (Å²) in [7, 11) is 0. The summed E-state index contributed by atoms with van der Waals surface area (Å²) in [4.78, 5) is 14.6. The zero-order valence-electron chi connectivity index (χ0n) is 14.1. The van der Waals surface area contributed by atoms with Gasteiger partial charge in [-0.05, 0) is 49.2 Å². The van der Waals surface area contributed by atoms with Gasteiger partial charge >= 0.3 is 0 Å².